The SMILES string of the molecule is CCNC(=O)C=Cc1cc(N)ccc1N.Cl. The molecule has 0 saturated heterocycles. The monoisotopic (exact) mass is 241 g/mol. The summed E-state index contributed by atoms with van der Waals surface area (Å²) in [5.74, 6) is -0.140. The van der Waals surface area contributed by atoms with Gasteiger partial charge in [0.25, 0.3) is 0 Å². The highest BCUT2D eigenvalue weighted by Crippen LogP contribution is 2.16. The first kappa shape index (κ1) is 14.3. The lowest BCUT2D eigenvalue weighted by atomic mass is 10.1. The number of nitrogen functional groups attached to an aromatic ring is 2. The Morgan fingerprint density at radius 1 is 1.44 bits per heavy atom. The standard InChI is InChI=1S/C11H15N3O.ClH/c1-2-14-11(15)6-3-8-7-9(12)4-5-10(8)13;/h3-7H,2,12-13H2,1H3,(H,14,15);1H. The summed E-state index contributed by atoms with van der Waals surface area (Å²) in [6, 6.07) is 5.16. The van der Waals surface area contributed by atoms with Crippen molar-refractivity contribution in [1.29, 1.82) is 0 Å². The number of likely N-dealkylation sites (N-methyl/N-ethyl adjacent to an activating group) is 1. The van der Waals surface area contributed by atoms with E-state index in [2.05, 4.69) is 5.32 Å². The molecule has 1 amide bonds. The summed E-state index contributed by atoms with van der Waals surface area (Å²) in [6.45, 7) is 2.47. The van der Waals surface area contributed by atoms with E-state index in [9.17, 15) is 4.79 Å². The third kappa shape index (κ3) is 4.23. The van der Waals surface area contributed by atoms with Crippen LogP contribution in [-0.4, -0.2) is 12.5 Å². The molecule has 5 heteroatoms. The van der Waals surface area contributed by atoms with Gasteiger partial charge in [-0.15, -0.1) is 12.4 Å². The second-order valence-electron chi connectivity index (χ2n) is 3.12. The van der Waals surface area contributed by atoms with Crippen LogP contribution in [0.5, 0.6) is 0 Å². The van der Waals surface area contributed by atoms with Gasteiger partial charge in [-0.2, -0.15) is 0 Å². The van der Waals surface area contributed by atoms with Crippen LogP contribution in [0.25, 0.3) is 6.08 Å². The van der Waals surface area contributed by atoms with Gasteiger partial charge < -0.3 is 16.8 Å². The van der Waals surface area contributed by atoms with Crippen LogP contribution in [0.2, 0.25) is 0 Å². The molecule has 1 aromatic rings. The molecular formula is C11H16ClN3O. The molecule has 0 bridgehead atoms. The van der Waals surface area contributed by atoms with Gasteiger partial charge in [-0.1, -0.05) is 0 Å². The van der Waals surface area contributed by atoms with Crippen molar-refractivity contribution in [2.24, 2.45) is 0 Å². The minimum atomic E-state index is -0.140. The normalized spacial score (nSPS) is 9.81. The molecule has 0 aromatic heterocycles. The number of nitrogens with two attached hydrogens (primary N) is 2. The molecule has 0 saturated carbocycles. The Hall–Kier alpha value is -1.68. The van der Waals surface area contributed by atoms with Gasteiger partial charge in [0.1, 0.15) is 0 Å². The zero-order valence-electron chi connectivity index (χ0n) is 9.07. The summed E-state index contributed by atoms with van der Waals surface area (Å²) in [5, 5.41) is 2.65. The van der Waals surface area contributed by atoms with E-state index in [1.165, 1.54) is 6.08 Å². The molecule has 16 heavy (non-hydrogen) atoms. The van der Waals surface area contributed by atoms with Crippen LogP contribution in [0.3, 0.4) is 0 Å². The Labute approximate surface area is 101 Å². The summed E-state index contributed by atoms with van der Waals surface area (Å²) < 4.78 is 0. The fraction of sp³-hybridized carbons (Fsp3) is 0.182. The lowest BCUT2D eigenvalue weighted by Gasteiger charge is -2.01. The van der Waals surface area contributed by atoms with Crippen molar-refractivity contribution in [2.75, 3.05) is 18.0 Å². The summed E-state index contributed by atoms with van der Waals surface area (Å²) in [7, 11) is 0. The van der Waals surface area contributed by atoms with Gasteiger partial charge in [-0.25, -0.2) is 0 Å². The molecular weight excluding hydrogens is 226 g/mol. The summed E-state index contributed by atoms with van der Waals surface area (Å²) in [4.78, 5) is 11.1. The fourth-order valence-electron chi connectivity index (χ4n) is 1.14. The van der Waals surface area contributed by atoms with Crippen LogP contribution in [0, 0.1) is 0 Å². The maximum Gasteiger partial charge on any atom is 0.243 e. The summed E-state index contributed by atoms with van der Waals surface area (Å²) in [6.07, 6.45) is 3.09. The predicted octanol–water partition coefficient (Wildman–Crippen LogP) is 1.42. The second-order valence-corrected chi connectivity index (χ2v) is 3.12. The molecule has 4 nitrogen and oxygen atoms in total. The van der Waals surface area contributed by atoms with Crippen molar-refractivity contribution in [2.45, 2.75) is 6.92 Å². The number of carbonyl (C=O) groups excluding carboxylic acids is 1. The second kappa shape index (κ2) is 6.74. The molecule has 0 spiro atoms. The Balaban J connectivity index is 0.00000225. The maximum absolute atomic E-state index is 11.1. The number of amides is 1. The molecule has 0 aliphatic rings. The van der Waals surface area contributed by atoms with E-state index in [-0.39, 0.29) is 18.3 Å². The van der Waals surface area contributed by atoms with Crippen molar-refractivity contribution >= 4 is 35.8 Å². The Kier molecular flexibility index (Phi) is 6.03. The van der Waals surface area contributed by atoms with E-state index >= 15 is 0 Å². The number of anilines is 2. The Morgan fingerprint density at radius 3 is 2.75 bits per heavy atom. The topological polar surface area (TPSA) is 81.1 Å². The minimum Gasteiger partial charge on any atom is -0.399 e. The van der Waals surface area contributed by atoms with Crippen LogP contribution >= 0.6 is 12.4 Å². The maximum atomic E-state index is 11.1. The first-order valence-corrected chi connectivity index (χ1v) is 4.74. The number of benzene rings is 1. The number of halogens is 1. The Bertz CT molecular complexity index is 391. The lowest BCUT2D eigenvalue weighted by Crippen LogP contribution is -2.19. The summed E-state index contributed by atoms with van der Waals surface area (Å²) in [5.41, 5.74) is 13.3. The van der Waals surface area contributed by atoms with Gasteiger partial charge >= 0.3 is 0 Å². The third-order valence-corrected chi connectivity index (χ3v) is 1.88. The van der Waals surface area contributed by atoms with Crippen LogP contribution in [0.1, 0.15) is 12.5 Å². The third-order valence-electron chi connectivity index (χ3n) is 1.88. The number of rotatable bonds is 3. The molecule has 0 fully saturated rings. The van der Waals surface area contributed by atoms with E-state index in [1.54, 1.807) is 24.3 Å². The van der Waals surface area contributed by atoms with E-state index in [1.807, 2.05) is 6.92 Å². The van der Waals surface area contributed by atoms with Crippen LogP contribution in [0.15, 0.2) is 24.3 Å². The first-order chi connectivity index (χ1) is 7.13. The molecule has 1 aromatic carbocycles. The van der Waals surface area contributed by atoms with Crippen LogP contribution < -0.4 is 16.8 Å². The minimum absolute atomic E-state index is 0. The highest BCUT2D eigenvalue weighted by molar-refractivity contribution is 5.92. The first-order valence-electron chi connectivity index (χ1n) is 4.74. The molecule has 88 valence electrons. The van der Waals surface area contributed by atoms with E-state index in [0.717, 1.165) is 5.56 Å². The van der Waals surface area contributed by atoms with E-state index in [4.69, 9.17) is 11.5 Å². The van der Waals surface area contributed by atoms with Crippen molar-refractivity contribution in [3.8, 4) is 0 Å². The highest BCUT2D eigenvalue weighted by Gasteiger charge is 1.97. The van der Waals surface area contributed by atoms with Gasteiger partial charge in [0.2, 0.25) is 5.91 Å². The smallest absolute Gasteiger partial charge is 0.243 e. The molecule has 0 unspecified atom stereocenters. The van der Waals surface area contributed by atoms with Crippen molar-refractivity contribution in [3.05, 3.63) is 29.8 Å². The average Bonchev–Trinajstić information content (AvgIpc) is 2.20. The number of hydrogen-bond acceptors (Lipinski definition) is 3. The van der Waals surface area contributed by atoms with E-state index < -0.39 is 0 Å². The molecule has 5 N–H and O–H groups in total. The van der Waals surface area contributed by atoms with E-state index in [0.29, 0.717) is 17.9 Å². The quantitative estimate of drug-likeness (QED) is 0.553. The largest absolute Gasteiger partial charge is 0.399 e. The van der Waals surface area contributed by atoms with Crippen molar-refractivity contribution < 1.29 is 4.79 Å². The predicted molar refractivity (Wildman–Crippen MR) is 70.2 cm³/mol. The molecule has 0 aliphatic carbocycles. The number of carbonyl (C=O) groups is 1. The van der Waals surface area contributed by atoms with Gasteiger partial charge in [0, 0.05) is 24.0 Å². The van der Waals surface area contributed by atoms with Crippen LogP contribution in [0.4, 0.5) is 11.4 Å². The van der Waals surface area contributed by atoms with Crippen LogP contribution in [-0.2, 0) is 4.79 Å². The van der Waals surface area contributed by atoms with Gasteiger partial charge in [-0.05, 0) is 36.8 Å². The lowest BCUT2D eigenvalue weighted by molar-refractivity contribution is -0.116. The highest BCUT2D eigenvalue weighted by atomic mass is 35.5. The van der Waals surface area contributed by atoms with Gasteiger partial charge in [0.15, 0.2) is 0 Å². The number of hydrogen-bond donors (Lipinski definition) is 3. The summed E-state index contributed by atoms with van der Waals surface area (Å²) >= 11 is 0. The van der Waals surface area contributed by atoms with Gasteiger partial charge in [0.05, 0.1) is 0 Å². The molecule has 0 heterocycles. The number of nitrogens with one attached hydrogen (secondary N) is 1. The van der Waals surface area contributed by atoms with Crippen molar-refractivity contribution in [3.63, 3.8) is 0 Å². The molecule has 0 radical (unpaired) electrons. The van der Waals surface area contributed by atoms with Gasteiger partial charge in [-0.3, -0.25) is 4.79 Å². The average molecular weight is 242 g/mol. The fourth-order valence-corrected chi connectivity index (χ4v) is 1.14. The van der Waals surface area contributed by atoms with Crippen molar-refractivity contribution in [1.82, 2.24) is 5.32 Å². The zero-order chi connectivity index (χ0) is 11.3. The molecule has 1 rings (SSSR count). The Morgan fingerprint density at radius 2 is 2.12 bits per heavy atom. The zero-order valence-corrected chi connectivity index (χ0v) is 9.88. The molecule has 0 atom stereocenters. The molecule has 0 aliphatic heterocycles.